The summed E-state index contributed by atoms with van der Waals surface area (Å²) in [7, 11) is 1.60. The van der Waals surface area contributed by atoms with Crippen LogP contribution in [-0.2, 0) is 13.0 Å². The average Bonchev–Trinajstić information content (AvgIpc) is 3.31. The molecule has 2 aromatic heterocycles. The highest BCUT2D eigenvalue weighted by Gasteiger charge is 2.17. The maximum absolute atomic E-state index is 12.9. The first kappa shape index (κ1) is 16.3. The molecule has 0 unspecified atom stereocenters. The lowest BCUT2D eigenvalue weighted by Gasteiger charge is -2.22. The van der Waals surface area contributed by atoms with Crippen molar-refractivity contribution in [3.8, 4) is 5.75 Å². The second-order valence-corrected chi connectivity index (χ2v) is 6.45. The fourth-order valence-corrected chi connectivity index (χ4v) is 3.19. The molecule has 3 rings (SSSR count). The number of amides is 1. The van der Waals surface area contributed by atoms with Gasteiger partial charge in [0.2, 0.25) is 0 Å². The Balaban J connectivity index is 1.77. The largest absolute Gasteiger partial charge is 0.497 e. The van der Waals surface area contributed by atoms with E-state index in [0.717, 1.165) is 12.0 Å². The molecular weight excluding hydrogens is 322 g/mol. The van der Waals surface area contributed by atoms with E-state index in [9.17, 15) is 4.79 Å². The van der Waals surface area contributed by atoms with Gasteiger partial charge in [-0.1, -0.05) is 12.1 Å². The highest BCUT2D eigenvalue weighted by Crippen LogP contribution is 2.17. The van der Waals surface area contributed by atoms with Crippen molar-refractivity contribution in [1.29, 1.82) is 0 Å². The normalized spacial score (nSPS) is 10.5. The molecule has 0 N–H and O–H groups in total. The molecule has 1 aromatic carbocycles. The van der Waals surface area contributed by atoms with E-state index in [2.05, 4.69) is 11.4 Å². The lowest BCUT2D eigenvalue weighted by atomic mass is 10.1. The summed E-state index contributed by atoms with van der Waals surface area (Å²) in [5, 5.41) is 2.06. The Morgan fingerprint density at radius 1 is 1.25 bits per heavy atom. The molecule has 0 aliphatic heterocycles. The number of ether oxygens (including phenoxy) is 1. The molecule has 2 heterocycles. The first-order valence-electron chi connectivity index (χ1n) is 7.73. The van der Waals surface area contributed by atoms with Gasteiger partial charge in [0.1, 0.15) is 5.75 Å². The zero-order valence-corrected chi connectivity index (χ0v) is 14.3. The highest BCUT2D eigenvalue weighted by atomic mass is 32.1. The molecule has 0 atom stereocenters. The van der Waals surface area contributed by atoms with Gasteiger partial charge in [0.15, 0.2) is 0 Å². The van der Waals surface area contributed by atoms with Crippen molar-refractivity contribution in [1.82, 2.24) is 4.90 Å². The molecule has 0 spiro atoms. The monoisotopic (exact) mass is 341 g/mol. The van der Waals surface area contributed by atoms with Crippen molar-refractivity contribution >= 4 is 17.2 Å². The summed E-state index contributed by atoms with van der Waals surface area (Å²) in [5.41, 5.74) is 1.61. The number of methoxy groups -OCH3 is 1. The van der Waals surface area contributed by atoms with Gasteiger partial charge in [0.05, 0.1) is 19.6 Å². The van der Waals surface area contributed by atoms with Crippen molar-refractivity contribution in [2.24, 2.45) is 0 Å². The molecule has 0 saturated carbocycles. The number of carbonyl (C=O) groups excluding carboxylic acids is 1. The smallest absolute Gasteiger partial charge is 0.254 e. The average molecular weight is 341 g/mol. The van der Waals surface area contributed by atoms with Crippen molar-refractivity contribution < 1.29 is 13.9 Å². The van der Waals surface area contributed by atoms with Gasteiger partial charge in [0.25, 0.3) is 5.91 Å². The summed E-state index contributed by atoms with van der Waals surface area (Å²) >= 11 is 1.71. The summed E-state index contributed by atoms with van der Waals surface area (Å²) in [4.78, 5) is 16.1. The van der Waals surface area contributed by atoms with E-state index >= 15 is 0 Å². The van der Waals surface area contributed by atoms with Crippen LogP contribution in [0.1, 0.15) is 20.8 Å². The van der Waals surface area contributed by atoms with E-state index in [1.807, 2.05) is 35.2 Å². The summed E-state index contributed by atoms with van der Waals surface area (Å²) < 4.78 is 10.4. The lowest BCUT2D eigenvalue weighted by Crippen LogP contribution is -2.32. The van der Waals surface area contributed by atoms with Crippen LogP contribution in [0.3, 0.4) is 0 Å². The molecule has 4 nitrogen and oxygen atoms in total. The number of hydrogen-bond acceptors (Lipinski definition) is 4. The Bertz CT molecular complexity index is 766. The number of hydrogen-bond donors (Lipinski definition) is 0. The van der Waals surface area contributed by atoms with E-state index in [0.29, 0.717) is 24.4 Å². The Hall–Kier alpha value is -2.53. The summed E-state index contributed by atoms with van der Waals surface area (Å²) in [6.45, 7) is 1.18. The van der Waals surface area contributed by atoms with Crippen molar-refractivity contribution in [3.63, 3.8) is 0 Å². The van der Waals surface area contributed by atoms with Gasteiger partial charge in [-0.25, -0.2) is 0 Å². The minimum atomic E-state index is -0.00773. The van der Waals surface area contributed by atoms with E-state index in [-0.39, 0.29) is 5.91 Å². The zero-order valence-electron chi connectivity index (χ0n) is 13.5. The predicted octanol–water partition coefficient (Wildman–Crippen LogP) is 4.23. The van der Waals surface area contributed by atoms with Crippen LogP contribution < -0.4 is 4.74 Å². The van der Waals surface area contributed by atoms with Crippen LogP contribution in [0, 0.1) is 0 Å². The lowest BCUT2D eigenvalue weighted by molar-refractivity contribution is 0.0745. The van der Waals surface area contributed by atoms with Crippen molar-refractivity contribution in [3.05, 3.63) is 76.4 Å². The molecule has 124 valence electrons. The highest BCUT2D eigenvalue weighted by molar-refractivity contribution is 7.09. The van der Waals surface area contributed by atoms with Crippen LogP contribution in [-0.4, -0.2) is 24.5 Å². The number of rotatable bonds is 7. The number of thiophene rings is 1. The third-order valence-corrected chi connectivity index (χ3v) is 4.70. The SMILES string of the molecule is COc1cccc(C(=O)N(CCc2cccs2)Cc2ccoc2)c1. The number of carbonyl (C=O) groups is 1. The molecular formula is C19H19NO3S. The second-order valence-electron chi connectivity index (χ2n) is 5.42. The first-order chi connectivity index (χ1) is 11.8. The Labute approximate surface area is 145 Å². The van der Waals surface area contributed by atoms with E-state index in [1.165, 1.54) is 4.88 Å². The third-order valence-electron chi connectivity index (χ3n) is 3.77. The molecule has 0 aliphatic rings. The van der Waals surface area contributed by atoms with Gasteiger partial charge < -0.3 is 14.1 Å². The van der Waals surface area contributed by atoms with Crippen molar-refractivity contribution in [2.75, 3.05) is 13.7 Å². The van der Waals surface area contributed by atoms with Crippen LogP contribution in [0.5, 0.6) is 5.75 Å². The fraction of sp³-hybridized carbons (Fsp3) is 0.211. The fourth-order valence-electron chi connectivity index (χ4n) is 2.49. The first-order valence-corrected chi connectivity index (χ1v) is 8.61. The number of nitrogens with zero attached hydrogens (tertiary/aromatic N) is 1. The quantitative estimate of drug-likeness (QED) is 0.646. The molecule has 1 amide bonds. The second kappa shape index (κ2) is 7.84. The molecule has 3 aromatic rings. The predicted molar refractivity (Wildman–Crippen MR) is 94.5 cm³/mol. The van der Waals surface area contributed by atoms with Crippen LogP contribution >= 0.6 is 11.3 Å². The summed E-state index contributed by atoms with van der Waals surface area (Å²) in [5.74, 6) is 0.675. The van der Waals surface area contributed by atoms with Crippen LogP contribution in [0.2, 0.25) is 0 Å². The molecule has 0 radical (unpaired) electrons. The van der Waals surface area contributed by atoms with Crippen LogP contribution in [0.25, 0.3) is 0 Å². The van der Waals surface area contributed by atoms with E-state index in [4.69, 9.17) is 9.15 Å². The standard InChI is InChI=1S/C19H19NO3S/c1-22-17-5-2-4-16(12-17)19(21)20(13-15-8-10-23-14-15)9-7-18-6-3-11-24-18/h2-6,8,10-12,14H,7,9,13H2,1H3. The molecule has 0 bridgehead atoms. The Morgan fingerprint density at radius 2 is 2.17 bits per heavy atom. The number of benzene rings is 1. The molecule has 5 heteroatoms. The molecule has 0 saturated heterocycles. The van der Waals surface area contributed by atoms with E-state index in [1.54, 1.807) is 37.0 Å². The molecule has 0 fully saturated rings. The number of furan rings is 1. The van der Waals surface area contributed by atoms with Gasteiger partial charge in [0, 0.05) is 29.1 Å². The minimum Gasteiger partial charge on any atom is -0.497 e. The summed E-state index contributed by atoms with van der Waals surface area (Å²) in [6, 6.07) is 13.3. The van der Waals surface area contributed by atoms with Gasteiger partial charge in [-0.2, -0.15) is 0 Å². The Kier molecular flexibility index (Phi) is 5.33. The third kappa shape index (κ3) is 4.06. The molecule has 24 heavy (non-hydrogen) atoms. The van der Waals surface area contributed by atoms with Crippen LogP contribution in [0.15, 0.2) is 64.8 Å². The van der Waals surface area contributed by atoms with Gasteiger partial charge in [-0.05, 0) is 42.1 Å². The van der Waals surface area contributed by atoms with Gasteiger partial charge in [-0.3, -0.25) is 4.79 Å². The Morgan fingerprint density at radius 3 is 2.88 bits per heavy atom. The minimum absolute atomic E-state index is 0.00773. The van der Waals surface area contributed by atoms with Gasteiger partial charge in [-0.15, -0.1) is 11.3 Å². The van der Waals surface area contributed by atoms with Crippen molar-refractivity contribution in [2.45, 2.75) is 13.0 Å². The topological polar surface area (TPSA) is 42.7 Å². The maximum Gasteiger partial charge on any atom is 0.254 e. The maximum atomic E-state index is 12.9. The van der Waals surface area contributed by atoms with E-state index < -0.39 is 0 Å². The van der Waals surface area contributed by atoms with Crippen LogP contribution in [0.4, 0.5) is 0 Å². The van der Waals surface area contributed by atoms with Gasteiger partial charge >= 0.3 is 0 Å². The summed E-state index contributed by atoms with van der Waals surface area (Å²) in [6.07, 6.45) is 4.14. The molecule has 0 aliphatic carbocycles. The zero-order chi connectivity index (χ0) is 16.8.